The molecule has 0 fully saturated rings. The number of nitrogens with zero attached hydrogens (tertiary/aromatic N) is 1. The molecule has 0 saturated carbocycles. The van der Waals surface area contributed by atoms with Crippen LogP contribution in [0, 0.1) is 10.1 Å². The van der Waals surface area contributed by atoms with Crippen LogP contribution < -0.4 is 16.8 Å². The van der Waals surface area contributed by atoms with Crippen LogP contribution in [0.4, 0.5) is 0 Å². The zero-order chi connectivity index (χ0) is 9.11. The van der Waals surface area contributed by atoms with E-state index in [1.807, 2.05) is 0 Å². The number of nitrogens with one attached hydrogen (secondary N) is 1. The summed E-state index contributed by atoms with van der Waals surface area (Å²) >= 11 is 0. The minimum absolute atomic E-state index is 0.694. The minimum Gasteiger partial charge on any atom is -0.329 e. The van der Waals surface area contributed by atoms with Gasteiger partial charge in [-0.1, -0.05) is 0 Å². The minimum atomic E-state index is -1.50. The van der Waals surface area contributed by atoms with Crippen molar-refractivity contribution in [3.63, 3.8) is 0 Å². The highest BCUT2D eigenvalue weighted by Gasteiger charge is 1.76. The summed E-state index contributed by atoms with van der Waals surface area (Å²) in [4.78, 5) is 8.36. The molecule has 0 amide bonds. The Morgan fingerprint density at radius 3 is 1.82 bits per heavy atom. The number of hydrogen-bond donors (Lipinski definition) is 4. The first-order valence-electron chi connectivity index (χ1n) is 3.09. The average Bonchev–Trinajstić information content (AvgIpc) is 1.88. The van der Waals surface area contributed by atoms with Crippen LogP contribution in [0.2, 0.25) is 0 Å². The van der Waals surface area contributed by atoms with Crippen molar-refractivity contribution in [2.45, 2.75) is 0 Å². The maximum atomic E-state index is 8.36. The van der Waals surface area contributed by atoms with E-state index < -0.39 is 5.09 Å². The molecule has 0 bridgehead atoms. The third kappa shape index (κ3) is 48.0. The largest absolute Gasteiger partial charge is 0.329 e. The highest BCUT2D eigenvalue weighted by molar-refractivity contribution is 4.45. The summed E-state index contributed by atoms with van der Waals surface area (Å²) in [5.41, 5.74) is 10.3. The molecule has 0 aliphatic heterocycles. The molecule has 11 heavy (non-hydrogen) atoms. The molecule has 0 heterocycles. The molecule has 68 valence electrons. The van der Waals surface area contributed by atoms with Crippen molar-refractivity contribution in [3.8, 4) is 0 Å². The fourth-order valence-electron chi connectivity index (χ4n) is 0.329. The first-order chi connectivity index (χ1) is 5.15. The van der Waals surface area contributed by atoms with E-state index in [4.69, 9.17) is 26.8 Å². The lowest BCUT2D eigenvalue weighted by Crippen LogP contribution is -2.27. The van der Waals surface area contributed by atoms with Crippen LogP contribution >= 0.6 is 0 Å². The van der Waals surface area contributed by atoms with E-state index >= 15 is 0 Å². The standard InChI is InChI=1S/C4H13N3.HNO3/c5-1-3-7-4-2-6;2-1(3)4/h7H,1-6H2;(H,2,3,4). The molecule has 0 unspecified atom stereocenters. The van der Waals surface area contributed by atoms with Gasteiger partial charge in [-0.3, -0.25) is 0 Å². The second-order valence-corrected chi connectivity index (χ2v) is 1.57. The molecule has 6 N–H and O–H groups in total. The van der Waals surface area contributed by atoms with Crippen molar-refractivity contribution in [1.29, 1.82) is 0 Å². The lowest BCUT2D eigenvalue weighted by Gasteiger charge is -1.95. The lowest BCUT2D eigenvalue weighted by molar-refractivity contribution is -0.742. The van der Waals surface area contributed by atoms with Gasteiger partial charge in [-0.15, -0.1) is 10.1 Å². The predicted octanol–water partition coefficient (Wildman–Crippen LogP) is -1.85. The Morgan fingerprint density at radius 2 is 1.64 bits per heavy atom. The third-order valence-electron chi connectivity index (χ3n) is 0.642. The summed E-state index contributed by atoms with van der Waals surface area (Å²) < 4.78 is 0. The van der Waals surface area contributed by atoms with Crippen LogP contribution in [0.3, 0.4) is 0 Å². The van der Waals surface area contributed by atoms with Crippen molar-refractivity contribution in [2.24, 2.45) is 11.5 Å². The third-order valence-corrected chi connectivity index (χ3v) is 0.642. The Balaban J connectivity index is 0. The van der Waals surface area contributed by atoms with Gasteiger partial charge in [0, 0.05) is 26.2 Å². The molecule has 0 rings (SSSR count). The number of rotatable bonds is 4. The van der Waals surface area contributed by atoms with Crippen molar-refractivity contribution in [1.82, 2.24) is 5.32 Å². The fourth-order valence-corrected chi connectivity index (χ4v) is 0.329. The Labute approximate surface area is 64.5 Å². The molecule has 0 saturated heterocycles. The molecule has 7 nitrogen and oxygen atoms in total. The monoisotopic (exact) mass is 166 g/mol. The van der Waals surface area contributed by atoms with Crippen LogP contribution in [0.15, 0.2) is 0 Å². The average molecular weight is 166 g/mol. The maximum Gasteiger partial charge on any atom is 0.291 e. The lowest BCUT2D eigenvalue weighted by atomic mass is 10.6. The summed E-state index contributed by atoms with van der Waals surface area (Å²) in [6, 6.07) is 0. The number of hydrogen-bond acceptors (Lipinski definition) is 5. The summed E-state index contributed by atoms with van der Waals surface area (Å²) in [5.74, 6) is 0. The predicted molar refractivity (Wildman–Crippen MR) is 39.8 cm³/mol. The quantitative estimate of drug-likeness (QED) is 0.220. The molecule has 0 aromatic rings. The normalized spacial score (nSPS) is 8.18. The zero-order valence-corrected chi connectivity index (χ0v) is 6.19. The molecule has 0 aliphatic rings. The summed E-state index contributed by atoms with van der Waals surface area (Å²) in [7, 11) is 0. The van der Waals surface area contributed by atoms with Gasteiger partial charge in [0.2, 0.25) is 0 Å². The molecule has 0 atom stereocenters. The van der Waals surface area contributed by atoms with Crippen LogP contribution in [-0.4, -0.2) is 36.5 Å². The smallest absolute Gasteiger partial charge is 0.291 e. The van der Waals surface area contributed by atoms with E-state index in [9.17, 15) is 0 Å². The van der Waals surface area contributed by atoms with Crippen molar-refractivity contribution in [3.05, 3.63) is 10.1 Å². The SMILES string of the molecule is NCCNCCN.O=[N+]([O-])O. The van der Waals surface area contributed by atoms with Gasteiger partial charge in [0.25, 0.3) is 5.09 Å². The summed E-state index contributed by atoms with van der Waals surface area (Å²) in [5, 5.41) is 16.7. The van der Waals surface area contributed by atoms with Crippen molar-refractivity contribution >= 4 is 0 Å². The molecule has 0 aromatic heterocycles. The maximum absolute atomic E-state index is 8.36. The summed E-state index contributed by atoms with van der Waals surface area (Å²) in [6.45, 7) is 3.13. The Kier molecular flexibility index (Phi) is 13.7. The van der Waals surface area contributed by atoms with Crippen LogP contribution in [0.25, 0.3) is 0 Å². The second kappa shape index (κ2) is 11.8. The van der Waals surface area contributed by atoms with E-state index in [0.717, 1.165) is 13.1 Å². The highest BCUT2D eigenvalue weighted by atomic mass is 16.9. The van der Waals surface area contributed by atoms with Gasteiger partial charge in [0.1, 0.15) is 0 Å². The molecular weight excluding hydrogens is 152 g/mol. The Morgan fingerprint density at radius 1 is 1.36 bits per heavy atom. The number of nitrogens with two attached hydrogens (primary N) is 2. The molecule has 0 aliphatic carbocycles. The Hall–Kier alpha value is -0.920. The zero-order valence-electron chi connectivity index (χ0n) is 6.19. The molecular formula is C4H14N4O3. The van der Waals surface area contributed by atoms with Gasteiger partial charge in [-0.2, -0.15) is 0 Å². The van der Waals surface area contributed by atoms with E-state index in [1.54, 1.807) is 0 Å². The summed E-state index contributed by atoms with van der Waals surface area (Å²) in [6.07, 6.45) is 0. The van der Waals surface area contributed by atoms with Gasteiger partial charge in [-0.25, -0.2) is 0 Å². The van der Waals surface area contributed by atoms with E-state index in [2.05, 4.69) is 5.32 Å². The van der Waals surface area contributed by atoms with Gasteiger partial charge in [0.15, 0.2) is 0 Å². The van der Waals surface area contributed by atoms with E-state index in [-0.39, 0.29) is 0 Å². The van der Waals surface area contributed by atoms with E-state index in [0.29, 0.717) is 13.1 Å². The topological polar surface area (TPSA) is 127 Å². The van der Waals surface area contributed by atoms with E-state index in [1.165, 1.54) is 0 Å². The van der Waals surface area contributed by atoms with Gasteiger partial charge in [-0.05, 0) is 0 Å². The van der Waals surface area contributed by atoms with Crippen LogP contribution in [-0.2, 0) is 0 Å². The molecule has 7 heteroatoms. The first kappa shape index (κ1) is 12.7. The molecule has 0 spiro atoms. The van der Waals surface area contributed by atoms with Gasteiger partial charge in [0.05, 0.1) is 0 Å². The first-order valence-corrected chi connectivity index (χ1v) is 3.09. The second-order valence-electron chi connectivity index (χ2n) is 1.57. The van der Waals surface area contributed by atoms with Crippen LogP contribution in [0.1, 0.15) is 0 Å². The molecule has 0 radical (unpaired) electrons. The Bertz CT molecular complexity index is 81.4. The highest BCUT2D eigenvalue weighted by Crippen LogP contribution is 1.49. The van der Waals surface area contributed by atoms with Crippen LogP contribution in [0.5, 0.6) is 0 Å². The fraction of sp³-hybridized carbons (Fsp3) is 1.00. The van der Waals surface area contributed by atoms with Gasteiger partial charge < -0.3 is 22.0 Å². The van der Waals surface area contributed by atoms with Gasteiger partial charge >= 0.3 is 0 Å². The van der Waals surface area contributed by atoms with Crippen molar-refractivity contribution in [2.75, 3.05) is 26.2 Å². The van der Waals surface area contributed by atoms with Crippen molar-refractivity contribution < 1.29 is 10.3 Å². The molecule has 0 aromatic carbocycles.